The Morgan fingerprint density at radius 3 is 1.88 bits per heavy atom. The van der Waals surface area contributed by atoms with Crippen LogP contribution in [0.3, 0.4) is 0 Å². The Kier molecular flexibility index (Phi) is 4.58. The van der Waals surface area contributed by atoms with E-state index in [0.29, 0.717) is 11.1 Å². The highest BCUT2D eigenvalue weighted by molar-refractivity contribution is 5.14. The van der Waals surface area contributed by atoms with Crippen molar-refractivity contribution in [1.82, 2.24) is 4.98 Å². The molecule has 2 aromatic rings. The van der Waals surface area contributed by atoms with E-state index in [9.17, 15) is 8.78 Å². The van der Waals surface area contributed by atoms with Crippen LogP contribution in [0, 0.1) is 25.6 Å². The summed E-state index contributed by atoms with van der Waals surface area (Å²) in [6.07, 6.45) is 1.43. The van der Waals surface area contributed by atoms with Crippen molar-refractivity contribution in [3.63, 3.8) is 0 Å². The largest absolute Gasteiger partial charge is 0.228 e. The number of aromatic nitrogens is 1. The molecule has 1 nitrogen and oxygen atoms in total. The molecule has 0 amide bonds. The van der Waals surface area contributed by atoms with Crippen molar-refractivity contribution in [3.8, 4) is 0 Å². The van der Waals surface area contributed by atoms with Crippen molar-refractivity contribution < 1.29 is 8.78 Å². The van der Waals surface area contributed by atoms with Gasteiger partial charge in [-0.1, -0.05) is 24.3 Å². The SMILES string of the molecule is Cc1ccccc1F.Cc1cccnc1F. The summed E-state index contributed by atoms with van der Waals surface area (Å²) in [4.78, 5) is 3.41. The molecule has 1 aromatic carbocycles. The molecular formula is C13H13F2N. The number of halogens is 2. The first-order chi connectivity index (χ1) is 7.61. The number of aryl methyl sites for hydroxylation is 2. The van der Waals surface area contributed by atoms with Crippen LogP contribution in [0.2, 0.25) is 0 Å². The summed E-state index contributed by atoms with van der Waals surface area (Å²) in [5, 5.41) is 0. The molecule has 16 heavy (non-hydrogen) atoms. The number of hydrogen-bond acceptors (Lipinski definition) is 1. The molecule has 2 rings (SSSR count). The molecule has 0 saturated carbocycles. The van der Waals surface area contributed by atoms with Crippen molar-refractivity contribution in [2.75, 3.05) is 0 Å². The fraction of sp³-hybridized carbons (Fsp3) is 0.154. The third-order valence-corrected chi connectivity index (χ3v) is 2.02. The highest BCUT2D eigenvalue weighted by atomic mass is 19.1. The quantitative estimate of drug-likeness (QED) is 0.618. The minimum absolute atomic E-state index is 0.132. The monoisotopic (exact) mass is 221 g/mol. The zero-order valence-corrected chi connectivity index (χ0v) is 9.24. The predicted molar refractivity (Wildman–Crippen MR) is 60.1 cm³/mol. The lowest BCUT2D eigenvalue weighted by Crippen LogP contribution is -1.83. The predicted octanol–water partition coefficient (Wildman–Crippen LogP) is 3.66. The second kappa shape index (κ2) is 5.95. The van der Waals surface area contributed by atoms with Gasteiger partial charge in [0, 0.05) is 11.8 Å². The van der Waals surface area contributed by atoms with Gasteiger partial charge in [-0.05, 0) is 31.5 Å². The van der Waals surface area contributed by atoms with E-state index in [-0.39, 0.29) is 11.8 Å². The Balaban J connectivity index is 0.000000160. The van der Waals surface area contributed by atoms with Crippen LogP contribution in [0.25, 0.3) is 0 Å². The van der Waals surface area contributed by atoms with Crippen molar-refractivity contribution in [1.29, 1.82) is 0 Å². The lowest BCUT2D eigenvalue weighted by molar-refractivity contribution is 0.574. The van der Waals surface area contributed by atoms with Crippen molar-refractivity contribution >= 4 is 0 Å². The highest BCUT2D eigenvalue weighted by Crippen LogP contribution is 2.02. The van der Waals surface area contributed by atoms with Crippen LogP contribution in [-0.4, -0.2) is 4.98 Å². The van der Waals surface area contributed by atoms with Crippen LogP contribution in [0.5, 0.6) is 0 Å². The molecule has 0 unspecified atom stereocenters. The Hall–Kier alpha value is -1.77. The third-order valence-electron chi connectivity index (χ3n) is 2.02. The average molecular weight is 221 g/mol. The molecule has 0 aliphatic heterocycles. The van der Waals surface area contributed by atoms with Crippen LogP contribution < -0.4 is 0 Å². The molecule has 3 heteroatoms. The third kappa shape index (κ3) is 3.77. The molecule has 0 radical (unpaired) electrons. The summed E-state index contributed by atoms with van der Waals surface area (Å²) >= 11 is 0. The van der Waals surface area contributed by atoms with E-state index in [1.807, 2.05) is 6.07 Å². The molecule has 0 saturated heterocycles. The van der Waals surface area contributed by atoms with Crippen LogP contribution >= 0.6 is 0 Å². The van der Waals surface area contributed by atoms with Crippen LogP contribution in [0.1, 0.15) is 11.1 Å². The molecule has 0 bridgehead atoms. The zero-order valence-electron chi connectivity index (χ0n) is 9.24. The summed E-state index contributed by atoms with van der Waals surface area (Å²) in [5.74, 6) is -0.514. The van der Waals surface area contributed by atoms with Gasteiger partial charge in [0.2, 0.25) is 5.95 Å². The van der Waals surface area contributed by atoms with E-state index in [4.69, 9.17) is 0 Å². The molecule has 0 spiro atoms. The van der Waals surface area contributed by atoms with Gasteiger partial charge >= 0.3 is 0 Å². The highest BCUT2D eigenvalue weighted by Gasteiger charge is 1.90. The molecule has 0 fully saturated rings. The van der Waals surface area contributed by atoms with Gasteiger partial charge in [0.05, 0.1) is 0 Å². The average Bonchev–Trinajstić information content (AvgIpc) is 2.28. The number of hydrogen-bond donors (Lipinski definition) is 0. The van der Waals surface area contributed by atoms with Crippen molar-refractivity contribution in [2.24, 2.45) is 0 Å². The van der Waals surface area contributed by atoms with E-state index in [2.05, 4.69) is 4.98 Å². The van der Waals surface area contributed by atoms with Crippen LogP contribution in [0.15, 0.2) is 42.6 Å². The van der Waals surface area contributed by atoms with Crippen molar-refractivity contribution in [2.45, 2.75) is 13.8 Å². The fourth-order valence-electron chi connectivity index (χ4n) is 1.02. The van der Waals surface area contributed by atoms with Gasteiger partial charge in [0.25, 0.3) is 0 Å². The minimum Gasteiger partial charge on any atom is -0.228 e. The molecule has 1 aromatic heterocycles. The Morgan fingerprint density at radius 1 is 0.875 bits per heavy atom. The minimum atomic E-state index is -0.382. The topological polar surface area (TPSA) is 12.9 Å². The summed E-state index contributed by atoms with van der Waals surface area (Å²) in [7, 11) is 0. The second-order valence-corrected chi connectivity index (χ2v) is 3.36. The van der Waals surface area contributed by atoms with Crippen molar-refractivity contribution in [3.05, 3.63) is 65.5 Å². The zero-order chi connectivity index (χ0) is 12.0. The Morgan fingerprint density at radius 2 is 1.50 bits per heavy atom. The molecule has 0 aliphatic rings. The van der Waals surface area contributed by atoms with E-state index >= 15 is 0 Å². The van der Waals surface area contributed by atoms with E-state index in [0.717, 1.165) is 0 Å². The maximum absolute atomic E-state index is 12.3. The number of pyridine rings is 1. The van der Waals surface area contributed by atoms with Gasteiger partial charge in [-0.3, -0.25) is 0 Å². The van der Waals surface area contributed by atoms with Gasteiger partial charge in [0.1, 0.15) is 5.82 Å². The van der Waals surface area contributed by atoms with Crippen LogP contribution in [0.4, 0.5) is 8.78 Å². The summed E-state index contributed by atoms with van der Waals surface area (Å²) in [6.45, 7) is 3.43. The Labute approximate surface area is 93.8 Å². The number of nitrogens with zero attached hydrogens (tertiary/aromatic N) is 1. The molecule has 84 valence electrons. The molecule has 0 atom stereocenters. The number of rotatable bonds is 0. The lowest BCUT2D eigenvalue weighted by Gasteiger charge is -1.89. The molecule has 0 aliphatic carbocycles. The summed E-state index contributed by atoms with van der Waals surface area (Å²) in [6, 6.07) is 10.1. The normalized spacial score (nSPS) is 9.25. The van der Waals surface area contributed by atoms with E-state index in [1.165, 1.54) is 12.3 Å². The van der Waals surface area contributed by atoms with Gasteiger partial charge in [-0.15, -0.1) is 0 Å². The maximum atomic E-state index is 12.3. The van der Waals surface area contributed by atoms with Gasteiger partial charge in [-0.2, -0.15) is 4.39 Å². The van der Waals surface area contributed by atoms with Gasteiger partial charge in [-0.25, -0.2) is 9.37 Å². The molecule has 0 N–H and O–H groups in total. The first-order valence-corrected chi connectivity index (χ1v) is 4.89. The second-order valence-electron chi connectivity index (χ2n) is 3.36. The smallest absolute Gasteiger partial charge is 0.215 e. The fourth-order valence-corrected chi connectivity index (χ4v) is 1.02. The first-order valence-electron chi connectivity index (χ1n) is 4.89. The standard InChI is InChI=1S/C7H7F.C6H6FN/c1-6-4-2-3-5-7(6)8;1-5-3-2-4-8-6(5)7/h2-5H,1H3;2-4H,1H3. The summed E-state index contributed by atoms with van der Waals surface area (Å²) < 4.78 is 24.5. The van der Waals surface area contributed by atoms with Gasteiger partial charge < -0.3 is 0 Å². The number of benzene rings is 1. The first kappa shape index (κ1) is 12.3. The van der Waals surface area contributed by atoms with E-state index < -0.39 is 0 Å². The molecule has 1 heterocycles. The Bertz CT molecular complexity index is 370. The summed E-state index contributed by atoms with van der Waals surface area (Å²) in [5.41, 5.74) is 1.29. The van der Waals surface area contributed by atoms with Gasteiger partial charge in [0.15, 0.2) is 0 Å². The van der Waals surface area contributed by atoms with Crippen LogP contribution in [-0.2, 0) is 0 Å². The maximum Gasteiger partial charge on any atom is 0.215 e. The molecular weight excluding hydrogens is 208 g/mol. The lowest BCUT2D eigenvalue weighted by atomic mass is 10.2. The van der Waals surface area contributed by atoms with E-state index in [1.54, 1.807) is 38.1 Å².